The Bertz CT molecular complexity index is 697. The van der Waals surface area contributed by atoms with Crippen LogP contribution in [0.15, 0.2) is 42.5 Å². The summed E-state index contributed by atoms with van der Waals surface area (Å²) in [6.07, 6.45) is 0.949. The molecule has 2 aromatic rings. The van der Waals surface area contributed by atoms with Crippen LogP contribution in [0.2, 0.25) is 0 Å². The third-order valence-corrected chi connectivity index (χ3v) is 3.84. The van der Waals surface area contributed by atoms with Crippen molar-refractivity contribution in [3.05, 3.63) is 53.6 Å². The van der Waals surface area contributed by atoms with E-state index >= 15 is 0 Å². The minimum absolute atomic E-state index is 0.135. The van der Waals surface area contributed by atoms with Gasteiger partial charge in [-0.05, 0) is 55.3 Å². The average molecular weight is 343 g/mol. The largest absolute Gasteiger partial charge is 0.494 e. The fraction of sp³-hybridized carbons (Fsp3) is 0.350. The second kappa shape index (κ2) is 8.97. The van der Waals surface area contributed by atoms with Crippen LogP contribution >= 0.6 is 0 Å². The van der Waals surface area contributed by atoms with Crippen molar-refractivity contribution < 1.29 is 19.0 Å². The second-order valence-corrected chi connectivity index (χ2v) is 5.68. The molecule has 0 fully saturated rings. The first-order valence-corrected chi connectivity index (χ1v) is 8.34. The third kappa shape index (κ3) is 4.89. The van der Waals surface area contributed by atoms with Gasteiger partial charge in [0.25, 0.3) is 5.91 Å². The highest BCUT2D eigenvalue weighted by Crippen LogP contribution is 2.30. The van der Waals surface area contributed by atoms with Crippen molar-refractivity contribution in [3.8, 4) is 17.2 Å². The van der Waals surface area contributed by atoms with Gasteiger partial charge >= 0.3 is 0 Å². The van der Waals surface area contributed by atoms with Gasteiger partial charge in [-0.3, -0.25) is 4.79 Å². The van der Waals surface area contributed by atoms with Gasteiger partial charge in [-0.2, -0.15) is 0 Å². The molecule has 1 unspecified atom stereocenters. The Hall–Kier alpha value is -2.69. The molecule has 0 saturated heterocycles. The summed E-state index contributed by atoms with van der Waals surface area (Å²) in [5.41, 5.74) is 1.53. The van der Waals surface area contributed by atoms with E-state index in [-0.39, 0.29) is 11.9 Å². The molecule has 0 radical (unpaired) electrons. The van der Waals surface area contributed by atoms with Gasteiger partial charge in [0, 0.05) is 5.56 Å². The number of nitrogens with one attached hydrogen (secondary N) is 1. The van der Waals surface area contributed by atoms with E-state index in [1.807, 2.05) is 37.3 Å². The molecule has 1 atom stereocenters. The first kappa shape index (κ1) is 18.6. The Morgan fingerprint density at radius 2 is 1.72 bits per heavy atom. The van der Waals surface area contributed by atoms with E-state index in [1.54, 1.807) is 26.4 Å². The van der Waals surface area contributed by atoms with E-state index in [0.717, 1.165) is 17.7 Å². The van der Waals surface area contributed by atoms with Crippen LogP contribution in [0.4, 0.5) is 0 Å². The van der Waals surface area contributed by atoms with Crippen LogP contribution in [-0.4, -0.2) is 26.7 Å². The first-order valence-electron chi connectivity index (χ1n) is 8.34. The summed E-state index contributed by atoms with van der Waals surface area (Å²) < 4.78 is 16.1. The normalized spacial score (nSPS) is 11.5. The molecule has 0 bridgehead atoms. The van der Waals surface area contributed by atoms with Crippen molar-refractivity contribution in [2.45, 2.75) is 26.3 Å². The fourth-order valence-corrected chi connectivity index (χ4v) is 2.41. The maximum absolute atomic E-state index is 12.4. The zero-order valence-electron chi connectivity index (χ0n) is 15.2. The summed E-state index contributed by atoms with van der Waals surface area (Å²) in [6.45, 7) is 4.65. The van der Waals surface area contributed by atoms with Gasteiger partial charge in [0.15, 0.2) is 11.5 Å². The molecule has 25 heavy (non-hydrogen) atoms. The van der Waals surface area contributed by atoms with E-state index in [4.69, 9.17) is 14.2 Å². The topological polar surface area (TPSA) is 56.8 Å². The fourth-order valence-electron chi connectivity index (χ4n) is 2.41. The van der Waals surface area contributed by atoms with Gasteiger partial charge in [-0.15, -0.1) is 0 Å². The SMILES string of the molecule is CCCOc1ccc(C(=O)NC(C)c2ccc(OC)c(OC)c2)cc1. The number of carbonyl (C=O) groups excluding carboxylic acids is 1. The molecule has 1 N–H and O–H groups in total. The molecule has 0 spiro atoms. The van der Waals surface area contributed by atoms with Crippen molar-refractivity contribution >= 4 is 5.91 Å². The van der Waals surface area contributed by atoms with Crippen LogP contribution in [0.3, 0.4) is 0 Å². The molecular formula is C20H25NO4. The van der Waals surface area contributed by atoms with Crippen molar-refractivity contribution in [2.24, 2.45) is 0 Å². The Balaban J connectivity index is 2.04. The Kier molecular flexibility index (Phi) is 6.69. The third-order valence-electron chi connectivity index (χ3n) is 3.84. The minimum atomic E-state index is -0.164. The lowest BCUT2D eigenvalue weighted by Crippen LogP contribution is -2.26. The highest BCUT2D eigenvalue weighted by molar-refractivity contribution is 5.94. The summed E-state index contributed by atoms with van der Waals surface area (Å²) in [5.74, 6) is 1.93. The Morgan fingerprint density at radius 1 is 1.04 bits per heavy atom. The molecule has 1 amide bonds. The number of hydrogen-bond acceptors (Lipinski definition) is 4. The quantitative estimate of drug-likeness (QED) is 0.787. The number of benzene rings is 2. The molecule has 0 aliphatic carbocycles. The zero-order valence-corrected chi connectivity index (χ0v) is 15.2. The highest BCUT2D eigenvalue weighted by atomic mass is 16.5. The Labute approximate surface area is 148 Å². The van der Waals surface area contributed by atoms with Crippen LogP contribution in [0.5, 0.6) is 17.2 Å². The average Bonchev–Trinajstić information content (AvgIpc) is 2.65. The maximum Gasteiger partial charge on any atom is 0.251 e. The van der Waals surface area contributed by atoms with Crippen LogP contribution < -0.4 is 19.5 Å². The Morgan fingerprint density at radius 3 is 2.32 bits per heavy atom. The summed E-state index contributed by atoms with van der Waals surface area (Å²) in [6, 6.07) is 12.6. The van der Waals surface area contributed by atoms with Crippen molar-refractivity contribution in [2.75, 3.05) is 20.8 Å². The smallest absolute Gasteiger partial charge is 0.251 e. The summed E-state index contributed by atoms with van der Waals surface area (Å²) in [7, 11) is 3.18. The van der Waals surface area contributed by atoms with Gasteiger partial charge in [0.2, 0.25) is 0 Å². The van der Waals surface area contributed by atoms with Crippen LogP contribution in [0, 0.1) is 0 Å². The van der Waals surface area contributed by atoms with Crippen molar-refractivity contribution in [3.63, 3.8) is 0 Å². The number of carbonyl (C=O) groups is 1. The van der Waals surface area contributed by atoms with Crippen LogP contribution in [0.25, 0.3) is 0 Å². The van der Waals surface area contributed by atoms with Gasteiger partial charge in [-0.25, -0.2) is 0 Å². The van der Waals surface area contributed by atoms with Gasteiger partial charge < -0.3 is 19.5 Å². The number of rotatable bonds is 8. The maximum atomic E-state index is 12.4. The molecular weight excluding hydrogens is 318 g/mol. The number of methoxy groups -OCH3 is 2. The molecule has 0 aliphatic rings. The summed E-state index contributed by atoms with van der Waals surface area (Å²) in [5, 5.41) is 2.99. The van der Waals surface area contributed by atoms with E-state index in [0.29, 0.717) is 23.7 Å². The molecule has 0 aliphatic heterocycles. The predicted molar refractivity (Wildman–Crippen MR) is 97.7 cm³/mol. The summed E-state index contributed by atoms with van der Waals surface area (Å²) in [4.78, 5) is 12.4. The van der Waals surface area contributed by atoms with Crippen molar-refractivity contribution in [1.29, 1.82) is 0 Å². The standard InChI is InChI=1S/C20H25NO4/c1-5-12-25-17-9-6-15(7-10-17)20(22)21-14(2)16-8-11-18(23-3)19(13-16)24-4/h6-11,13-14H,5,12H2,1-4H3,(H,21,22). The molecule has 5 nitrogen and oxygen atoms in total. The molecule has 134 valence electrons. The number of hydrogen-bond donors (Lipinski definition) is 1. The zero-order chi connectivity index (χ0) is 18.2. The highest BCUT2D eigenvalue weighted by Gasteiger charge is 2.14. The summed E-state index contributed by atoms with van der Waals surface area (Å²) >= 11 is 0. The van der Waals surface area contributed by atoms with E-state index in [9.17, 15) is 4.79 Å². The first-order chi connectivity index (χ1) is 12.1. The molecule has 0 heterocycles. The lowest BCUT2D eigenvalue weighted by molar-refractivity contribution is 0.0940. The van der Waals surface area contributed by atoms with Gasteiger partial charge in [0.1, 0.15) is 5.75 Å². The predicted octanol–water partition coefficient (Wildman–Crippen LogP) is 3.98. The molecule has 2 rings (SSSR count). The van der Waals surface area contributed by atoms with E-state index in [1.165, 1.54) is 0 Å². The minimum Gasteiger partial charge on any atom is -0.494 e. The van der Waals surface area contributed by atoms with Crippen molar-refractivity contribution in [1.82, 2.24) is 5.32 Å². The van der Waals surface area contributed by atoms with E-state index in [2.05, 4.69) is 12.2 Å². The van der Waals surface area contributed by atoms with Gasteiger partial charge in [-0.1, -0.05) is 13.0 Å². The lowest BCUT2D eigenvalue weighted by atomic mass is 10.1. The molecule has 0 saturated carbocycles. The number of ether oxygens (including phenoxy) is 3. The van der Waals surface area contributed by atoms with E-state index < -0.39 is 0 Å². The van der Waals surface area contributed by atoms with Crippen LogP contribution in [0.1, 0.15) is 42.2 Å². The molecule has 2 aromatic carbocycles. The number of amides is 1. The van der Waals surface area contributed by atoms with Gasteiger partial charge in [0.05, 0.1) is 26.9 Å². The molecule has 5 heteroatoms. The molecule has 0 aromatic heterocycles. The second-order valence-electron chi connectivity index (χ2n) is 5.68. The monoisotopic (exact) mass is 343 g/mol. The lowest BCUT2D eigenvalue weighted by Gasteiger charge is -2.17. The van der Waals surface area contributed by atoms with Crippen LogP contribution in [-0.2, 0) is 0 Å².